The predicted octanol–water partition coefficient (Wildman–Crippen LogP) is 4.54. The van der Waals surface area contributed by atoms with E-state index in [4.69, 9.17) is 4.74 Å². The van der Waals surface area contributed by atoms with Crippen molar-refractivity contribution in [1.82, 2.24) is 0 Å². The Hall–Kier alpha value is -0.980. The summed E-state index contributed by atoms with van der Waals surface area (Å²) in [5.74, 6) is 1.59. The molecule has 0 radical (unpaired) electrons. The van der Waals surface area contributed by atoms with E-state index < -0.39 is 0 Å². The van der Waals surface area contributed by atoms with E-state index in [-0.39, 0.29) is 5.41 Å². The van der Waals surface area contributed by atoms with Crippen LogP contribution in [0, 0.1) is 12.3 Å². The molecule has 0 amide bonds. The number of benzene rings is 1. The normalized spacial score (nSPS) is 11.9. The Morgan fingerprint density at radius 3 is 2.25 bits per heavy atom. The van der Waals surface area contributed by atoms with E-state index in [0.717, 1.165) is 12.4 Å². The van der Waals surface area contributed by atoms with Gasteiger partial charge in [0.2, 0.25) is 0 Å². The van der Waals surface area contributed by atoms with E-state index in [1.807, 2.05) is 0 Å². The second-order valence-corrected chi connectivity index (χ2v) is 6.03. The van der Waals surface area contributed by atoms with Gasteiger partial charge in [0.1, 0.15) is 5.75 Å². The third kappa shape index (κ3) is 3.88. The maximum atomic E-state index is 5.84. The monoisotopic (exact) mass is 220 g/mol. The number of hydrogen-bond donors (Lipinski definition) is 0. The molecule has 0 unspecified atom stereocenters. The van der Waals surface area contributed by atoms with Gasteiger partial charge in [0.25, 0.3) is 0 Å². The first-order chi connectivity index (χ1) is 7.29. The standard InChI is InChI=1S/C15H24O/c1-11(2)13-7-8-14(12(3)9-13)16-10-15(4,5)6/h7-9,11H,10H2,1-6H3. The molecule has 0 N–H and O–H groups in total. The summed E-state index contributed by atoms with van der Waals surface area (Å²) in [6, 6.07) is 6.48. The minimum atomic E-state index is 0.211. The van der Waals surface area contributed by atoms with Crippen LogP contribution in [0.3, 0.4) is 0 Å². The van der Waals surface area contributed by atoms with Crippen LogP contribution in [0.2, 0.25) is 0 Å². The molecule has 1 rings (SSSR count). The first-order valence-corrected chi connectivity index (χ1v) is 6.03. The van der Waals surface area contributed by atoms with Crippen LogP contribution in [0.5, 0.6) is 5.75 Å². The van der Waals surface area contributed by atoms with Gasteiger partial charge in [0, 0.05) is 0 Å². The highest BCUT2D eigenvalue weighted by atomic mass is 16.5. The maximum absolute atomic E-state index is 5.84. The second kappa shape index (κ2) is 4.90. The van der Waals surface area contributed by atoms with Gasteiger partial charge in [-0.3, -0.25) is 0 Å². The molecule has 0 aliphatic carbocycles. The molecule has 0 heterocycles. The highest BCUT2D eigenvalue weighted by molar-refractivity contribution is 5.37. The fraction of sp³-hybridized carbons (Fsp3) is 0.600. The zero-order chi connectivity index (χ0) is 12.3. The Balaban J connectivity index is 2.76. The lowest BCUT2D eigenvalue weighted by atomic mass is 9.98. The number of hydrogen-bond acceptors (Lipinski definition) is 1. The van der Waals surface area contributed by atoms with E-state index in [1.54, 1.807) is 0 Å². The molecule has 1 nitrogen and oxygen atoms in total. The van der Waals surface area contributed by atoms with E-state index >= 15 is 0 Å². The SMILES string of the molecule is Cc1cc(C(C)C)ccc1OCC(C)(C)C. The van der Waals surface area contributed by atoms with Gasteiger partial charge >= 0.3 is 0 Å². The topological polar surface area (TPSA) is 9.23 Å². The summed E-state index contributed by atoms with van der Waals surface area (Å²) in [4.78, 5) is 0. The fourth-order valence-corrected chi connectivity index (χ4v) is 1.49. The zero-order valence-electron chi connectivity index (χ0n) is 11.4. The lowest BCUT2D eigenvalue weighted by molar-refractivity contribution is 0.197. The van der Waals surface area contributed by atoms with Gasteiger partial charge in [0.15, 0.2) is 0 Å². The highest BCUT2D eigenvalue weighted by Crippen LogP contribution is 2.25. The van der Waals surface area contributed by atoms with Crippen LogP contribution in [-0.4, -0.2) is 6.61 Å². The first kappa shape index (κ1) is 13.1. The van der Waals surface area contributed by atoms with Crippen molar-refractivity contribution in [3.63, 3.8) is 0 Å². The van der Waals surface area contributed by atoms with Crippen molar-refractivity contribution < 1.29 is 4.74 Å². The van der Waals surface area contributed by atoms with Crippen molar-refractivity contribution >= 4 is 0 Å². The van der Waals surface area contributed by atoms with Gasteiger partial charge in [-0.2, -0.15) is 0 Å². The molecule has 0 saturated carbocycles. The van der Waals surface area contributed by atoms with Crippen molar-refractivity contribution in [2.45, 2.75) is 47.5 Å². The van der Waals surface area contributed by atoms with E-state index in [9.17, 15) is 0 Å². The Kier molecular flexibility index (Phi) is 4.01. The molecule has 0 saturated heterocycles. The van der Waals surface area contributed by atoms with Crippen molar-refractivity contribution in [3.05, 3.63) is 29.3 Å². The quantitative estimate of drug-likeness (QED) is 0.726. The number of ether oxygens (including phenoxy) is 1. The fourth-order valence-electron chi connectivity index (χ4n) is 1.49. The summed E-state index contributed by atoms with van der Waals surface area (Å²) in [5, 5.41) is 0. The predicted molar refractivity (Wildman–Crippen MR) is 70.2 cm³/mol. The van der Waals surface area contributed by atoms with E-state index in [2.05, 4.69) is 59.7 Å². The van der Waals surface area contributed by atoms with Gasteiger partial charge in [0.05, 0.1) is 6.61 Å². The summed E-state index contributed by atoms with van der Waals surface area (Å²) >= 11 is 0. The maximum Gasteiger partial charge on any atom is 0.122 e. The van der Waals surface area contributed by atoms with Crippen LogP contribution >= 0.6 is 0 Å². The molecule has 90 valence electrons. The molecule has 1 heteroatoms. The van der Waals surface area contributed by atoms with Crippen LogP contribution in [0.15, 0.2) is 18.2 Å². The van der Waals surface area contributed by atoms with E-state index in [0.29, 0.717) is 5.92 Å². The Labute approximate surface area is 99.8 Å². The van der Waals surface area contributed by atoms with Crippen molar-refractivity contribution in [2.24, 2.45) is 5.41 Å². The minimum absolute atomic E-state index is 0.211. The lowest BCUT2D eigenvalue weighted by Crippen LogP contribution is -2.17. The molecule has 0 fully saturated rings. The molecule has 1 aromatic rings. The number of rotatable bonds is 3. The molecule has 1 aromatic carbocycles. The molecule has 16 heavy (non-hydrogen) atoms. The molecule has 0 aliphatic heterocycles. The summed E-state index contributed by atoms with van der Waals surface area (Å²) < 4.78 is 5.84. The molecule has 0 atom stereocenters. The Morgan fingerprint density at radius 1 is 1.19 bits per heavy atom. The zero-order valence-corrected chi connectivity index (χ0v) is 11.4. The summed E-state index contributed by atoms with van der Waals surface area (Å²) in [6.07, 6.45) is 0. The van der Waals surface area contributed by atoms with Crippen molar-refractivity contribution in [1.29, 1.82) is 0 Å². The average molecular weight is 220 g/mol. The van der Waals surface area contributed by atoms with Gasteiger partial charge in [-0.15, -0.1) is 0 Å². The average Bonchev–Trinajstić information content (AvgIpc) is 2.14. The van der Waals surface area contributed by atoms with Crippen molar-refractivity contribution in [2.75, 3.05) is 6.61 Å². The van der Waals surface area contributed by atoms with Crippen molar-refractivity contribution in [3.8, 4) is 5.75 Å². The second-order valence-electron chi connectivity index (χ2n) is 6.03. The smallest absolute Gasteiger partial charge is 0.122 e. The summed E-state index contributed by atoms with van der Waals surface area (Å²) in [6.45, 7) is 13.9. The van der Waals surface area contributed by atoms with Crippen LogP contribution in [0.4, 0.5) is 0 Å². The third-order valence-electron chi connectivity index (χ3n) is 2.53. The van der Waals surface area contributed by atoms with Crippen LogP contribution in [0.1, 0.15) is 51.7 Å². The third-order valence-corrected chi connectivity index (χ3v) is 2.53. The van der Waals surface area contributed by atoms with Crippen LogP contribution in [-0.2, 0) is 0 Å². The van der Waals surface area contributed by atoms with Gasteiger partial charge in [-0.05, 0) is 35.4 Å². The first-order valence-electron chi connectivity index (χ1n) is 6.03. The minimum Gasteiger partial charge on any atom is -0.493 e. The van der Waals surface area contributed by atoms with Crippen LogP contribution in [0.25, 0.3) is 0 Å². The largest absolute Gasteiger partial charge is 0.493 e. The highest BCUT2D eigenvalue weighted by Gasteiger charge is 2.12. The van der Waals surface area contributed by atoms with E-state index in [1.165, 1.54) is 11.1 Å². The molecular weight excluding hydrogens is 196 g/mol. The molecule has 0 spiro atoms. The molecule has 0 bridgehead atoms. The van der Waals surface area contributed by atoms with Gasteiger partial charge < -0.3 is 4.74 Å². The summed E-state index contributed by atoms with van der Waals surface area (Å²) in [7, 11) is 0. The molecule has 0 aromatic heterocycles. The number of aryl methyl sites for hydroxylation is 1. The molecule has 0 aliphatic rings. The molecular formula is C15H24O. The van der Waals surface area contributed by atoms with Gasteiger partial charge in [-0.25, -0.2) is 0 Å². The van der Waals surface area contributed by atoms with Gasteiger partial charge in [-0.1, -0.05) is 46.8 Å². The Morgan fingerprint density at radius 2 is 1.81 bits per heavy atom. The summed E-state index contributed by atoms with van der Waals surface area (Å²) in [5.41, 5.74) is 2.82. The Bertz CT molecular complexity index is 345. The lowest BCUT2D eigenvalue weighted by Gasteiger charge is -2.20. The van der Waals surface area contributed by atoms with Crippen LogP contribution < -0.4 is 4.74 Å².